The van der Waals surface area contributed by atoms with E-state index in [2.05, 4.69) is 47.4 Å². The molecule has 1 saturated heterocycles. The van der Waals surface area contributed by atoms with Crippen molar-refractivity contribution in [3.63, 3.8) is 0 Å². The fourth-order valence-corrected chi connectivity index (χ4v) is 5.61. The van der Waals surface area contributed by atoms with Gasteiger partial charge in [0.1, 0.15) is 0 Å². The molecule has 0 radical (unpaired) electrons. The molecular formula is C31H36N4O2. The van der Waals surface area contributed by atoms with Gasteiger partial charge < -0.3 is 4.90 Å². The number of nitrogens with zero attached hydrogens (tertiary/aromatic N) is 4. The molecule has 0 spiro atoms. The molecule has 5 rings (SSSR count). The van der Waals surface area contributed by atoms with Crippen molar-refractivity contribution >= 4 is 28.3 Å². The molecule has 2 aliphatic heterocycles. The highest BCUT2D eigenvalue weighted by molar-refractivity contribution is 6.05. The third kappa shape index (κ3) is 5.44. The minimum Gasteiger partial charge on any atom is -0.343 e. The van der Waals surface area contributed by atoms with Gasteiger partial charge in [-0.15, -0.1) is 0 Å². The number of hydrogen-bond acceptors (Lipinski definition) is 4. The Hall–Kier alpha value is -3.51. The summed E-state index contributed by atoms with van der Waals surface area (Å²) in [5, 5.41) is 8.96. The van der Waals surface area contributed by atoms with Crippen LogP contribution in [0.5, 0.6) is 0 Å². The molecular weight excluding hydrogens is 460 g/mol. The lowest BCUT2D eigenvalue weighted by Crippen LogP contribution is -2.45. The maximum Gasteiger partial charge on any atom is 0.257 e. The largest absolute Gasteiger partial charge is 0.343 e. The van der Waals surface area contributed by atoms with E-state index in [0.717, 1.165) is 55.9 Å². The van der Waals surface area contributed by atoms with Gasteiger partial charge in [0.2, 0.25) is 5.91 Å². The highest BCUT2D eigenvalue weighted by Crippen LogP contribution is 2.33. The van der Waals surface area contributed by atoms with Crippen LogP contribution in [-0.2, 0) is 9.59 Å². The quantitative estimate of drug-likeness (QED) is 0.457. The molecule has 1 atom stereocenters. The van der Waals surface area contributed by atoms with Gasteiger partial charge in [-0.2, -0.15) is 5.10 Å². The van der Waals surface area contributed by atoms with Crippen molar-refractivity contribution < 1.29 is 9.59 Å². The Morgan fingerprint density at radius 1 is 0.892 bits per heavy atom. The summed E-state index contributed by atoms with van der Waals surface area (Å²) in [5.41, 5.74) is 3.10. The molecule has 0 aliphatic carbocycles. The number of hydrogen-bond donors (Lipinski definition) is 0. The predicted molar refractivity (Wildman–Crippen MR) is 148 cm³/mol. The van der Waals surface area contributed by atoms with Crippen LogP contribution in [0.1, 0.15) is 50.3 Å². The molecule has 0 aromatic heterocycles. The molecule has 6 heteroatoms. The molecule has 3 aromatic carbocycles. The van der Waals surface area contributed by atoms with Crippen molar-refractivity contribution in [2.45, 2.75) is 39.2 Å². The number of rotatable bonds is 7. The van der Waals surface area contributed by atoms with E-state index in [4.69, 9.17) is 5.10 Å². The summed E-state index contributed by atoms with van der Waals surface area (Å²) in [7, 11) is 0. The lowest BCUT2D eigenvalue weighted by Gasteiger charge is -2.34. The van der Waals surface area contributed by atoms with Crippen LogP contribution in [0.2, 0.25) is 0 Å². The van der Waals surface area contributed by atoms with Gasteiger partial charge in [0.25, 0.3) is 5.91 Å². The van der Waals surface area contributed by atoms with Crippen LogP contribution in [-0.4, -0.2) is 65.1 Å². The third-order valence-corrected chi connectivity index (χ3v) is 7.80. The number of carbonyl (C=O) groups excluding carboxylic acids is 2. The van der Waals surface area contributed by atoms with Gasteiger partial charge in [-0.25, -0.2) is 5.01 Å². The van der Waals surface area contributed by atoms with Gasteiger partial charge in [0.05, 0.1) is 18.3 Å². The Bertz CT molecular complexity index is 1280. The van der Waals surface area contributed by atoms with E-state index < -0.39 is 0 Å². The van der Waals surface area contributed by atoms with Gasteiger partial charge in [-0.3, -0.25) is 14.5 Å². The van der Waals surface area contributed by atoms with Crippen molar-refractivity contribution in [3.8, 4) is 0 Å². The monoisotopic (exact) mass is 496 g/mol. The SMILES string of the molecule is CCN(CC)C(=O)C1CCN(CC(=O)N2N=C(c3ccc4ccccc4c3)CC2c2ccccc2)CC1. The molecule has 0 bridgehead atoms. The Balaban J connectivity index is 1.31. The summed E-state index contributed by atoms with van der Waals surface area (Å²) >= 11 is 0. The van der Waals surface area contributed by atoms with Crippen LogP contribution < -0.4 is 0 Å². The van der Waals surface area contributed by atoms with Gasteiger partial charge in [-0.05, 0) is 67.7 Å². The second-order valence-electron chi connectivity index (χ2n) is 10.0. The van der Waals surface area contributed by atoms with E-state index >= 15 is 0 Å². The zero-order valence-electron chi connectivity index (χ0n) is 21.8. The van der Waals surface area contributed by atoms with Crippen LogP contribution in [0.25, 0.3) is 10.8 Å². The highest BCUT2D eigenvalue weighted by Gasteiger charge is 2.35. The van der Waals surface area contributed by atoms with Crippen LogP contribution in [0.4, 0.5) is 0 Å². The summed E-state index contributed by atoms with van der Waals surface area (Å²) in [4.78, 5) is 30.5. The first-order valence-corrected chi connectivity index (χ1v) is 13.5. The van der Waals surface area contributed by atoms with Crippen LogP contribution >= 0.6 is 0 Å². The van der Waals surface area contributed by atoms with Crippen LogP contribution in [0.15, 0.2) is 77.9 Å². The summed E-state index contributed by atoms with van der Waals surface area (Å²) in [6, 6.07) is 24.8. The molecule has 3 aromatic rings. The first kappa shape index (κ1) is 25.2. The molecule has 6 nitrogen and oxygen atoms in total. The number of piperidine rings is 1. The maximum absolute atomic E-state index is 13.6. The molecule has 2 amide bonds. The second-order valence-corrected chi connectivity index (χ2v) is 10.0. The smallest absolute Gasteiger partial charge is 0.257 e. The number of benzene rings is 3. The molecule has 1 fully saturated rings. The van der Waals surface area contributed by atoms with E-state index in [1.807, 2.05) is 49.1 Å². The Labute approximate surface area is 219 Å². The molecule has 0 saturated carbocycles. The minimum absolute atomic E-state index is 0.0122. The van der Waals surface area contributed by atoms with E-state index in [1.165, 1.54) is 10.8 Å². The summed E-state index contributed by atoms with van der Waals surface area (Å²) in [6.07, 6.45) is 2.29. The molecule has 37 heavy (non-hydrogen) atoms. The van der Waals surface area contributed by atoms with E-state index in [0.29, 0.717) is 13.0 Å². The van der Waals surface area contributed by atoms with E-state index in [9.17, 15) is 9.59 Å². The lowest BCUT2D eigenvalue weighted by atomic mass is 9.95. The van der Waals surface area contributed by atoms with Crippen LogP contribution in [0.3, 0.4) is 0 Å². The molecule has 0 N–H and O–H groups in total. The first-order valence-electron chi connectivity index (χ1n) is 13.5. The first-order chi connectivity index (χ1) is 18.1. The van der Waals surface area contributed by atoms with Gasteiger partial charge in [0.15, 0.2) is 0 Å². The normalized spacial score (nSPS) is 18.7. The number of fused-ring (bicyclic) bond motifs is 1. The summed E-state index contributed by atoms with van der Waals surface area (Å²) in [6.45, 7) is 7.40. The Morgan fingerprint density at radius 2 is 1.57 bits per heavy atom. The topological polar surface area (TPSA) is 56.2 Å². The number of likely N-dealkylation sites (tertiary alicyclic amines) is 1. The van der Waals surface area contributed by atoms with Crippen molar-refractivity contribution in [3.05, 3.63) is 83.9 Å². The fraction of sp³-hybridized carbons (Fsp3) is 0.387. The predicted octanol–water partition coefficient (Wildman–Crippen LogP) is 5.10. The molecule has 1 unspecified atom stereocenters. The Kier molecular flexibility index (Phi) is 7.65. The van der Waals surface area contributed by atoms with Crippen molar-refractivity contribution in [2.75, 3.05) is 32.7 Å². The summed E-state index contributed by atoms with van der Waals surface area (Å²) < 4.78 is 0. The standard InChI is InChI=1S/C31H36N4O2/c1-3-34(4-2)31(37)25-16-18-33(19-17-25)22-30(36)35-29(24-11-6-5-7-12-24)21-28(32-35)27-15-14-23-10-8-9-13-26(23)20-27/h5-15,20,25,29H,3-4,16-19,21-22H2,1-2H3. The van der Waals surface area contributed by atoms with Gasteiger partial charge in [-0.1, -0.05) is 66.7 Å². The average molecular weight is 497 g/mol. The molecule has 2 aliphatic rings. The number of hydrazone groups is 1. The fourth-order valence-electron chi connectivity index (χ4n) is 5.61. The molecule has 2 heterocycles. The number of carbonyl (C=O) groups is 2. The Morgan fingerprint density at radius 3 is 2.27 bits per heavy atom. The van der Waals surface area contributed by atoms with E-state index in [-0.39, 0.29) is 23.8 Å². The summed E-state index contributed by atoms with van der Waals surface area (Å²) in [5.74, 6) is 0.329. The minimum atomic E-state index is -0.114. The maximum atomic E-state index is 13.6. The zero-order chi connectivity index (χ0) is 25.8. The zero-order valence-corrected chi connectivity index (χ0v) is 21.8. The lowest BCUT2D eigenvalue weighted by molar-refractivity contribution is -0.137. The second kappa shape index (κ2) is 11.3. The highest BCUT2D eigenvalue weighted by atomic mass is 16.2. The van der Waals surface area contributed by atoms with Crippen LogP contribution in [0, 0.1) is 5.92 Å². The van der Waals surface area contributed by atoms with Gasteiger partial charge in [0, 0.05) is 25.4 Å². The van der Waals surface area contributed by atoms with Crippen molar-refractivity contribution in [2.24, 2.45) is 11.0 Å². The number of amides is 2. The van der Waals surface area contributed by atoms with Crippen molar-refractivity contribution in [1.29, 1.82) is 0 Å². The molecule has 192 valence electrons. The van der Waals surface area contributed by atoms with Gasteiger partial charge >= 0.3 is 0 Å². The third-order valence-electron chi connectivity index (χ3n) is 7.80. The van der Waals surface area contributed by atoms with Crippen molar-refractivity contribution in [1.82, 2.24) is 14.8 Å². The van der Waals surface area contributed by atoms with E-state index in [1.54, 1.807) is 5.01 Å². The average Bonchev–Trinajstić information content (AvgIpc) is 3.40.